The highest BCUT2D eigenvalue weighted by Crippen LogP contribution is 2.39. The summed E-state index contributed by atoms with van der Waals surface area (Å²) < 4.78 is 7.90. The van der Waals surface area contributed by atoms with Gasteiger partial charge in [0.25, 0.3) is 0 Å². The number of imidazole rings is 1. The molecule has 1 saturated heterocycles. The Morgan fingerprint density at radius 1 is 1.21 bits per heavy atom. The number of carbonyl (C=O) groups excluding carboxylic acids is 1. The Hall–Kier alpha value is -1.92. The van der Waals surface area contributed by atoms with Crippen LogP contribution in [0.4, 0.5) is 0 Å². The fourth-order valence-electron chi connectivity index (χ4n) is 5.33. The summed E-state index contributed by atoms with van der Waals surface area (Å²) in [6, 6.07) is 8.55. The summed E-state index contributed by atoms with van der Waals surface area (Å²) in [6.45, 7) is 6.37. The van der Waals surface area contributed by atoms with E-state index < -0.39 is 0 Å². The third kappa shape index (κ3) is 3.80. The maximum absolute atomic E-state index is 13.3. The highest BCUT2D eigenvalue weighted by molar-refractivity contribution is 5.81. The maximum Gasteiger partial charge on any atom is 0.242 e. The molecule has 0 unspecified atom stereocenters. The molecule has 1 aromatic heterocycles. The van der Waals surface area contributed by atoms with Gasteiger partial charge in [-0.15, -0.1) is 0 Å². The van der Waals surface area contributed by atoms with E-state index in [1.165, 1.54) is 0 Å². The van der Waals surface area contributed by atoms with Gasteiger partial charge in [0.15, 0.2) is 0 Å². The SMILES string of the molecule is CO[C@@H]1C[C@H]2CN(C(=O)Cn3c(C(C)C)nc4ccccc43)C[C@H]2C[C@H]1N(C)C. The van der Waals surface area contributed by atoms with Gasteiger partial charge in [0, 0.05) is 32.2 Å². The summed E-state index contributed by atoms with van der Waals surface area (Å²) in [7, 11) is 6.08. The Bertz CT molecular complexity index is 875. The molecule has 4 rings (SSSR count). The van der Waals surface area contributed by atoms with Crippen LogP contribution in [0.5, 0.6) is 0 Å². The zero-order valence-electron chi connectivity index (χ0n) is 18.3. The molecule has 1 aliphatic carbocycles. The van der Waals surface area contributed by atoms with Gasteiger partial charge < -0.3 is 19.1 Å². The fraction of sp³-hybridized carbons (Fsp3) is 0.652. The lowest BCUT2D eigenvalue weighted by Gasteiger charge is -2.40. The van der Waals surface area contributed by atoms with Gasteiger partial charge in [-0.3, -0.25) is 4.79 Å². The number of nitrogens with zero attached hydrogens (tertiary/aromatic N) is 4. The molecule has 6 heteroatoms. The molecule has 2 fully saturated rings. The molecule has 1 saturated carbocycles. The molecule has 1 aliphatic heterocycles. The number of hydrogen-bond donors (Lipinski definition) is 0. The Labute approximate surface area is 173 Å². The zero-order chi connectivity index (χ0) is 20.7. The van der Waals surface area contributed by atoms with E-state index in [1.54, 1.807) is 0 Å². The van der Waals surface area contributed by atoms with Crippen LogP contribution in [-0.4, -0.2) is 71.7 Å². The van der Waals surface area contributed by atoms with Crippen LogP contribution in [-0.2, 0) is 16.1 Å². The second kappa shape index (κ2) is 8.07. The van der Waals surface area contributed by atoms with Crippen LogP contribution in [0.25, 0.3) is 11.0 Å². The van der Waals surface area contributed by atoms with E-state index >= 15 is 0 Å². The minimum absolute atomic E-state index is 0.208. The van der Waals surface area contributed by atoms with Gasteiger partial charge in [0.1, 0.15) is 12.4 Å². The van der Waals surface area contributed by atoms with Crippen molar-refractivity contribution in [1.29, 1.82) is 0 Å². The van der Waals surface area contributed by atoms with Gasteiger partial charge in [-0.1, -0.05) is 26.0 Å². The summed E-state index contributed by atoms with van der Waals surface area (Å²) in [5, 5.41) is 0. The van der Waals surface area contributed by atoms with Gasteiger partial charge in [0.05, 0.1) is 17.1 Å². The van der Waals surface area contributed by atoms with Gasteiger partial charge in [-0.2, -0.15) is 0 Å². The number of carbonyl (C=O) groups is 1. The minimum Gasteiger partial charge on any atom is -0.380 e. The van der Waals surface area contributed by atoms with Crippen LogP contribution in [0.15, 0.2) is 24.3 Å². The molecular weight excluding hydrogens is 364 g/mol. The number of para-hydroxylation sites is 2. The molecule has 2 aliphatic rings. The lowest BCUT2D eigenvalue weighted by atomic mass is 9.77. The molecule has 0 bridgehead atoms. The molecule has 1 aromatic carbocycles. The number of likely N-dealkylation sites (N-methyl/N-ethyl adjacent to an activating group) is 1. The van der Waals surface area contributed by atoms with Crippen molar-refractivity contribution in [2.24, 2.45) is 11.8 Å². The van der Waals surface area contributed by atoms with E-state index in [2.05, 4.69) is 48.4 Å². The van der Waals surface area contributed by atoms with E-state index in [4.69, 9.17) is 9.72 Å². The van der Waals surface area contributed by atoms with Crippen molar-refractivity contribution in [2.75, 3.05) is 34.3 Å². The van der Waals surface area contributed by atoms with E-state index in [-0.39, 0.29) is 17.9 Å². The number of ether oxygens (including phenoxy) is 1. The average molecular weight is 399 g/mol. The monoisotopic (exact) mass is 398 g/mol. The average Bonchev–Trinajstić information content (AvgIpc) is 3.28. The summed E-state index contributed by atoms with van der Waals surface area (Å²) in [5.41, 5.74) is 2.02. The number of rotatable bonds is 5. The molecule has 158 valence electrons. The molecule has 0 spiro atoms. The van der Waals surface area contributed by atoms with Crippen molar-refractivity contribution in [3.63, 3.8) is 0 Å². The van der Waals surface area contributed by atoms with Crippen LogP contribution in [0, 0.1) is 11.8 Å². The lowest BCUT2D eigenvalue weighted by molar-refractivity contribution is -0.131. The van der Waals surface area contributed by atoms with E-state index in [0.717, 1.165) is 42.8 Å². The summed E-state index contributed by atoms with van der Waals surface area (Å²) in [6.07, 6.45) is 2.40. The van der Waals surface area contributed by atoms with Gasteiger partial charge >= 0.3 is 0 Å². The highest BCUT2D eigenvalue weighted by atomic mass is 16.5. The Morgan fingerprint density at radius 2 is 1.90 bits per heavy atom. The number of methoxy groups -OCH3 is 1. The second-order valence-corrected chi connectivity index (χ2v) is 9.29. The quantitative estimate of drug-likeness (QED) is 0.777. The molecule has 2 heterocycles. The summed E-state index contributed by atoms with van der Waals surface area (Å²) in [5.74, 6) is 2.59. The number of hydrogen-bond acceptors (Lipinski definition) is 4. The van der Waals surface area contributed by atoms with Crippen molar-refractivity contribution < 1.29 is 9.53 Å². The Balaban J connectivity index is 1.51. The van der Waals surface area contributed by atoms with Crippen molar-refractivity contribution in [3.05, 3.63) is 30.1 Å². The lowest BCUT2D eigenvalue weighted by Crippen LogP contribution is -2.47. The third-order valence-electron chi connectivity index (χ3n) is 6.90. The van der Waals surface area contributed by atoms with Crippen LogP contribution in [0.3, 0.4) is 0 Å². The first-order valence-corrected chi connectivity index (χ1v) is 10.8. The predicted molar refractivity (Wildman–Crippen MR) is 115 cm³/mol. The van der Waals surface area contributed by atoms with E-state index in [1.807, 2.05) is 25.3 Å². The zero-order valence-corrected chi connectivity index (χ0v) is 18.3. The van der Waals surface area contributed by atoms with Crippen molar-refractivity contribution in [2.45, 2.75) is 51.3 Å². The van der Waals surface area contributed by atoms with Crippen LogP contribution in [0.2, 0.25) is 0 Å². The number of aromatic nitrogens is 2. The van der Waals surface area contributed by atoms with E-state index in [0.29, 0.717) is 24.4 Å². The molecule has 0 N–H and O–H groups in total. The number of amides is 1. The van der Waals surface area contributed by atoms with Crippen LogP contribution >= 0.6 is 0 Å². The normalized spacial score (nSPS) is 27.2. The highest BCUT2D eigenvalue weighted by Gasteiger charge is 2.44. The standard InChI is InChI=1S/C23H34N4O2/c1-15(2)23-24-18-8-6-7-9-19(18)27(23)14-22(28)26-12-16-10-20(25(3)4)21(29-5)11-17(16)13-26/h6-9,15-17,20-21H,10-14H2,1-5H3/t16-,17+,20-,21-/m1/s1. The Kier molecular flexibility index (Phi) is 5.67. The van der Waals surface area contributed by atoms with Crippen LogP contribution in [0.1, 0.15) is 38.4 Å². The molecule has 6 nitrogen and oxygen atoms in total. The number of fused-ring (bicyclic) bond motifs is 2. The van der Waals surface area contributed by atoms with Gasteiger partial charge in [-0.05, 0) is 50.9 Å². The number of benzene rings is 1. The first-order chi connectivity index (χ1) is 13.9. The molecular formula is C23H34N4O2. The second-order valence-electron chi connectivity index (χ2n) is 9.29. The predicted octanol–water partition coefficient (Wildman–Crippen LogP) is 2.97. The molecule has 0 radical (unpaired) electrons. The minimum atomic E-state index is 0.208. The van der Waals surface area contributed by atoms with Crippen molar-refractivity contribution in [1.82, 2.24) is 19.4 Å². The number of likely N-dealkylation sites (tertiary alicyclic amines) is 1. The maximum atomic E-state index is 13.3. The van der Waals surface area contributed by atoms with Gasteiger partial charge in [0.2, 0.25) is 5.91 Å². The summed E-state index contributed by atoms with van der Waals surface area (Å²) >= 11 is 0. The first kappa shape index (κ1) is 20.4. The molecule has 1 amide bonds. The largest absolute Gasteiger partial charge is 0.380 e. The van der Waals surface area contributed by atoms with Gasteiger partial charge in [-0.25, -0.2) is 4.98 Å². The molecule has 29 heavy (non-hydrogen) atoms. The van der Waals surface area contributed by atoms with Crippen molar-refractivity contribution >= 4 is 16.9 Å². The third-order valence-corrected chi connectivity index (χ3v) is 6.90. The molecule has 4 atom stereocenters. The van der Waals surface area contributed by atoms with Crippen molar-refractivity contribution in [3.8, 4) is 0 Å². The summed E-state index contributed by atoms with van der Waals surface area (Å²) in [4.78, 5) is 22.4. The van der Waals surface area contributed by atoms with Crippen LogP contribution < -0.4 is 0 Å². The first-order valence-electron chi connectivity index (χ1n) is 10.8. The molecule has 2 aromatic rings. The fourth-order valence-corrected chi connectivity index (χ4v) is 5.33. The topological polar surface area (TPSA) is 50.6 Å². The Morgan fingerprint density at radius 3 is 2.55 bits per heavy atom. The smallest absolute Gasteiger partial charge is 0.242 e. The van der Waals surface area contributed by atoms with E-state index in [9.17, 15) is 4.79 Å².